The molecule has 0 saturated carbocycles. The van der Waals surface area contributed by atoms with Crippen molar-refractivity contribution in [1.82, 2.24) is 10.2 Å². The van der Waals surface area contributed by atoms with Gasteiger partial charge in [0.25, 0.3) is 0 Å². The van der Waals surface area contributed by atoms with Crippen LogP contribution in [0.4, 0.5) is 0 Å². The fourth-order valence-corrected chi connectivity index (χ4v) is 2.94. The van der Waals surface area contributed by atoms with Gasteiger partial charge in [0.05, 0.1) is 5.60 Å². The van der Waals surface area contributed by atoms with Crippen molar-refractivity contribution in [3.05, 3.63) is 0 Å². The van der Waals surface area contributed by atoms with E-state index >= 15 is 0 Å². The molecule has 3 nitrogen and oxygen atoms in total. The monoisotopic (exact) mass is 212 g/mol. The van der Waals surface area contributed by atoms with Crippen LogP contribution in [0.1, 0.15) is 38.5 Å². The number of piperidine rings is 1. The Labute approximate surface area is 92.8 Å². The molecule has 0 bridgehead atoms. The van der Waals surface area contributed by atoms with E-state index in [1.54, 1.807) is 0 Å². The lowest BCUT2D eigenvalue weighted by Crippen LogP contribution is -2.46. The molecule has 2 N–H and O–H groups in total. The molecule has 0 aromatic rings. The summed E-state index contributed by atoms with van der Waals surface area (Å²) >= 11 is 0. The van der Waals surface area contributed by atoms with Crippen LogP contribution in [0.15, 0.2) is 0 Å². The molecule has 2 rings (SSSR count). The van der Waals surface area contributed by atoms with E-state index < -0.39 is 5.60 Å². The number of rotatable bonds is 3. The highest BCUT2D eigenvalue weighted by Crippen LogP contribution is 2.26. The van der Waals surface area contributed by atoms with Gasteiger partial charge in [-0.25, -0.2) is 0 Å². The van der Waals surface area contributed by atoms with Crippen LogP contribution in [0.25, 0.3) is 0 Å². The van der Waals surface area contributed by atoms with Gasteiger partial charge in [0.15, 0.2) is 0 Å². The Morgan fingerprint density at radius 1 is 1.47 bits per heavy atom. The second kappa shape index (κ2) is 4.81. The van der Waals surface area contributed by atoms with Gasteiger partial charge in [0.2, 0.25) is 0 Å². The third-order valence-corrected chi connectivity index (χ3v) is 4.06. The minimum absolute atomic E-state index is 0.415. The van der Waals surface area contributed by atoms with Crippen LogP contribution in [0.2, 0.25) is 0 Å². The van der Waals surface area contributed by atoms with Crippen molar-refractivity contribution in [2.24, 2.45) is 0 Å². The maximum Gasteiger partial charge on any atom is 0.0772 e. The maximum absolute atomic E-state index is 10.3. The van der Waals surface area contributed by atoms with Crippen molar-refractivity contribution < 1.29 is 5.11 Å². The number of likely N-dealkylation sites (tertiary alicyclic amines) is 1. The van der Waals surface area contributed by atoms with E-state index in [-0.39, 0.29) is 0 Å². The molecule has 0 aromatic heterocycles. The Hall–Kier alpha value is -0.120. The van der Waals surface area contributed by atoms with Crippen LogP contribution >= 0.6 is 0 Å². The second-order valence-corrected chi connectivity index (χ2v) is 5.32. The van der Waals surface area contributed by atoms with Gasteiger partial charge in [0, 0.05) is 12.6 Å². The Bertz CT molecular complexity index is 202. The Balaban J connectivity index is 1.76. The summed E-state index contributed by atoms with van der Waals surface area (Å²) in [7, 11) is 2.21. The van der Waals surface area contributed by atoms with Gasteiger partial charge in [-0.3, -0.25) is 0 Å². The molecule has 2 heterocycles. The summed E-state index contributed by atoms with van der Waals surface area (Å²) in [6.07, 6.45) is 6.88. The molecule has 2 atom stereocenters. The van der Waals surface area contributed by atoms with Gasteiger partial charge in [-0.15, -0.1) is 0 Å². The zero-order valence-corrected chi connectivity index (χ0v) is 9.84. The summed E-state index contributed by atoms with van der Waals surface area (Å²) < 4.78 is 0. The Morgan fingerprint density at radius 3 is 2.93 bits per heavy atom. The largest absolute Gasteiger partial charge is 0.389 e. The van der Waals surface area contributed by atoms with Gasteiger partial charge in [-0.05, 0) is 58.7 Å². The summed E-state index contributed by atoms with van der Waals surface area (Å²) in [5, 5.41) is 13.6. The Morgan fingerprint density at radius 2 is 2.33 bits per heavy atom. The van der Waals surface area contributed by atoms with E-state index in [1.807, 2.05) is 0 Å². The predicted octanol–water partition coefficient (Wildman–Crippen LogP) is 0.975. The molecule has 0 aromatic carbocycles. The normalized spacial score (nSPS) is 38.4. The zero-order valence-electron chi connectivity index (χ0n) is 9.84. The third kappa shape index (κ3) is 2.92. The summed E-state index contributed by atoms with van der Waals surface area (Å²) in [5.74, 6) is 0. The van der Waals surface area contributed by atoms with Crippen molar-refractivity contribution in [3.8, 4) is 0 Å². The maximum atomic E-state index is 10.3. The number of aliphatic hydroxyl groups is 1. The van der Waals surface area contributed by atoms with E-state index in [2.05, 4.69) is 17.3 Å². The average molecular weight is 212 g/mol. The first-order valence-electron chi connectivity index (χ1n) is 6.33. The number of hydrogen-bond donors (Lipinski definition) is 2. The van der Waals surface area contributed by atoms with Gasteiger partial charge >= 0.3 is 0 Å². The molecule has 0 spiro atoms. The van der Waals surface area contributed by atoms with Crippen LogP contribution < -0.4 is 5.32 Å². The lowest BCUT2D eigenvalue weighted by atomic mass is 9.87. The van der Waals surface area contributed by atoms with Gasteiger partial charge in [-0.1, -0.05) is 0 Å². The SMILES string of the molecule is CN1CCCC1CCC1(O)CCCNC1. The van der Waals surface area contributed by atoms with E-state index in [0.717, 1.165) is 44.8 Å². The van der Waals surface area contributed by atoms with Crippen molar-refractivity contribution in [3.63, 3.8) is 0 Å². The van der Waals surface area contributed by atoms with Crippen molar-refractivity contribution in [2.75, 3.05) is 26.7 Å². The summed E-state index contributed by atoms with van der Waals surface area (Å²) in [6, 6.07) is 0.718. The van der Waals surface area contributed by atoms with Crippen LogP contribution in [-0.2, 0) is 0 Å². The second-order valence-electron chi connectivity index (χ2n) is 5.32. The van der Waals surface area contributed by atoms with Crippen molar-refractivity contribution >= 4 is 0 Å². The summed E-state index contributed by atoms with van der Waals surface area (Å²) in [4.78, 5) is 2.44. The number of hydrogen-bond acceptors (Lipinski definition) is 3. The average Bonchev–Trinajstić information content (AvgIpc) is 2.62. The third-order valence-electron chi connectivity index (χ3n) is 4.06. The molecule has 0 aliphatic carbocycles. The molecule has 2 aliphatic heterocycles. The van der Waals surface area contributed by atoms with E-state index in [4.69, 9.17) is 0 Å². The quantitative estimate of drug-likeness (QED) is 0.732. The summed E-state index contributed by atoms with van der Waals surface area (Å²) in [6.45, 7) is 3.11. The molecule has 0 amide bonds. The fourth-order valence-electron chi connectivity index (χ4n) is 2.94. The Kier molecular flexibility index (Phi) is 3.65. The highest BCUT2D eigenvalue weighted by atomic mass is 16.3. The number of β-amino-alcohol motifs (C(OH)–C–C–N with tert-alkyl or cyclic N) is 1. The molecule has 0 radical (unpaired) electrons. The zero-order chi connectivity index (χ0) is 10.7. The van der Waals surface area contributed by atoms with E-state index in [0.29, 0.717) is 0 Å². The predicted molar refractivity (Wildman–Crippen MR) is 61.9 cm³/mol. The topological polar surface area (TPSA) is 35.5 Å². The van der Waals surface area contributed by atoms with Crippen molar-refractivity contribution in [1.29, 1.82) is 0 Å². The van der Waals surface area contributed by atoms with Gasteiger partial charge in [0.1, 0.15) is 0 Å². The molecule has 2 fully saturated rings. The first-order valence-corrected chi connectivity index (χ1v) is 6.33. The lowest BCUT2D eigenvalue weighted by molar-refractivity contribution is 0.00230. The lowest BCUT2D eigenvalue weighted by Gasteiger charge is -2.34. The van der Waals surface area contributed by atoms with Crippen LogP contribution in [0.3, 0.4) is 0 Å². The van der Waals surface area contributed by atoms with Crippen molar-refractivity contribution in [2.45, 2.75) is 50.2 Å². The molecular weight excluding hydrogens is 188 g/mol. The van der Waals surface area contributed by atoms with Crippen LogP contribution in [-0.4, -0.2) is 48.3 Å². The first-order chi connectivity index (χ1) is 7.20. The smallest absolute Gasteiger partial charge is 0.0772 e. The molecule has 15 heavy (non-hydrogen) atoms. The molecule has 2 unspecified atom stereocenters. The standard InChI is InChI=1S/C12H24N2O/c1-14-9-2-4-11(14)5-7-12(15)6-3-8-13-10-12/h11,13,15H,2-10H2,1H3. The highest BCUT2D eigenvalue weighted by molar-refractivity contribution is 4.87. The number of nitrogens with one attached hydrogen (secondary N) is 1. The molecular formula is C12H24N2O. The fraction of sp³-hybridized carbons (Fsp3) is 1.00. The van der Waals surface area contributed by atoms with Gasteiger partial charge in [-0.2, -0.15) is 0 Å². The van der Waals surface area contributed by atoms with Crippen LogP contribution in [0, 0.1) is 0 Å². The highest BCUT2D eigenvalue weighted by Gasteiger charge is 2.31. The molecule has 2 aliphatic rings. The van der Waals surface area contributed by atoms with Crippen LogP contribution in [0.5, 0.6) is 0 Å². The molecule has 2 saturated heterocycles. The number of nitrogens with zero attached hydrogens (tertiary/aromatic N) is 1. The molecule has 3 heteroatoms. The van der Waals surface area contributed by atoms with E-state index in [1.165, 1.54) is 19.4 Å². The van der Waals surface area contributed by atoms with E-state index in [9.17, 15) is 5.11 Å². The minimum atomic E-state index is -0.415. The summed E-state index contributed by atoms with van der Waals surface area (Å²) in [5.41, 5.74) is -0.415. The minimum Gasteiger partial charge on any atom is -0.389 e. The van der Waals surface area contributed by atoms with Gasteiger partial charge < -0.3 is 15.3 Å². The first kappa shape index (κ1) is 11.4. The molecule has 88 valence electrons.